The number of carbonyl (C=O) groups is 1. The molecule has 1 amide bonds. The molecule has 1 aromatic heterocycles. The number of aromatic nitrogens is 1. The number of aryl methyl sites for hydroxylation is 1. The molecule has 4 nitrogen and oxygen atoms in total. The lowest BCUT2D eigenvalue weighted by atomic mass is 10.0. The van der Waals surface area contributed by atoms with E-state index in [1.807, 2.05) is 36.7 Å². The van der Waals surface area contributed by atoms with Gasteiger partial charge in [-0.1, -0.05) is 18.2 Å². The Morgan fingerprint density at radius 2 is 1.84 bits per heavy atom. The van der Waals surface area contributed by atoms with E-state index in [0.29, 0.717) is 6.42 Å². The molecule has 4 heteroatoms. The topological polar surface area (TPSA) is 54.0 Å². The van der Waals surface area contributed by atoms with Crippen molar-refractivity contribution in [1.29, 1.82) is 0 Å². The summed E-state index contributed by atoms with van der Waals surface area (Å²) in [6.07, 6.45) is 4.98. The van der Waals surface area contributed by atoms with Crippen LogP contribution in [-0.2, 0) is 17.8 Å². The highest BCUT2D eigenvalue weighted by atomic mass is 16.1. The minimum absolute atomic E-state index is 0.0983. The maximum absolute atomic E-state index is 11.4. The van der Waals surface area contributed by atoms with Crippen molar-refractivity contribution < 1.29 is 4.79 Å². The first-order valence-corrected chi connectivity index (χ1v) is 8.44. The molecule has 25 heavy (non-hydrogen) atoms. The Bertz CT molecular complexity index is 906. The number of nitrogens with one attached hydrogen (secondary N) is 2. The number of hydrogen-bond acceptors (Lipinski definition) is 3. The predicted molar refractivity (Wildman–Crippen MR) is 100 cm³/mol. The number of benzene rings is 2. The third-order valence-corrected chi connectivity index (χ3v) is 4.44. The standard InChI is InChI=1S/C21H19N3O/c25-21-7-4-18-13-19(5-6-20(18)24-21)23-14-15-2-1-3-17(12-15)16-8-10-22-11-9-16/h1-3,5-6,8-13,23H,4,7,14H2,(H,24,25). The molecular weight excluding hydrogens is 310 g/mol. The molecule has 1 aliphatic heterocycles. The highest BCUT2D eigenvalue weighted by Crippen LogP contribution is 2.26. The van der Waals surface area contributed by atoms with Crippen LogP contribution >= 0.6 is 0 Å². The second-order valence-electron chi connectivity index (χ2n) is 6.21. The normalized spacial score (nSPS) is 13.0. The van der Waals surface area contributed by atoms with E-state index in [2.05, 4.69) is 45.9 Å². The van der Waals surface area contributed by atoms with Gasteiger partial charge in [0.15, 0.2) is 0 Å². The first-order valence-electron chi connectivity index (χ1n) is 8.44. The van der Waals surface area contributed by atoms with Gasteiger partial charge in [-0.05, 0) is 65.1 Å². The Hall–Kier alpha value is -3.14. The number of nitrogens with zero attached hydrogens (tertiary/aromatic N) is 1. The van der Waals surface area contributed by atoms with E-state index in [0.717, 1.165) is 24.3 Å². The molecular formula is C21H19N3O. The summed E-state index contributed by atoms with van der Waals surface area (Å²) in [5.74, 6) is 0.0983. The van der Waals surface area contributed by atoms with E-state index < -0.39 is 0 Å². The molecule has 0 radical (unpaired) electrons. The maximum atomic E-state index is 11.4. The van der Waals surface area contributed by atoms with Gasteiger partial charge in [-0.15, -0.1) is 0 Å². The number of amides is 1. The average molecular weight is 329 g/mol. The van der Waals surface area contributed by atoms with Gasteiger partial charge >= 0.3 is 0 Å². The maximum Gasteiger partial charge on any atom is 0.224 e. The number of rotatable bonds is 4. The van der Waals surface area contributed by atoms with Crippen LogP contribution in [0, 0.1) is 0 Å². The van der Waals surface area contributed by atoms with Gasteiger partial charge in [0.1, 0.15) is 0 Å². The van der Waals surface area contributed by atoms with E-state index >= 15 is 0 Å². The molecule has 3 aromatic rings. The van der Waals surface area contributed by atoms with Crippen molar-refractivity contribution in [2.75, 3.05) is 10.6 Å². The third kappa shape index (κ3) is 3.53. The second kappa shape index (κ2) is 6.77. The quantitative estimate of drug-likeness (QED) is 0.752. The van der Waals surface area contributed by atoms with Gasteiger partial charge in [-0.3, -0.25) is 9.78 Å². The SMILES string of the molecule is O=C1CCc2cc(NCc3cccc(-c4ccncc4)c3)ccc2N1. The fourth-order valence-electron chi connectivity index (χ4n) is 3.10. The lowest BCUT2D eigenvalue weighted by Crippen LogP contribution is -2.18. The fraction of sp³-hybridized carbons (Fsp3) is 0.143. The summed E-state index contributed by atoms with van der Waals surface area (Å²) in [6.45, 7) is 0.754. The molecule has 0 bridgehead atoms. The average Bonchev–Trinajstić information content (AvgIpc) is 2.67. The summed E-state index contributed by atoms with van der Waals surface area (Å²) in [6, 6.07) is 18.7. The predicted octanol–water partition coefficient (Wildman–Crippen LogP) is 4.25. The summed E-state index contributed by atoms with van der Waals surface area (Å²) in [4.78, 5) is 15.5. The molecule has 0 unspecified atom stereocenters. The molecule has 0 atom stereocenters. The molecule has 2 aromatic carbocycles. The number of hydrogen-bond donors (Lipinski definition) is 2. The van der Waals surface area contributed by atoms with Crippen LogP contribution in [0.4, 0.5) is 11.4 Å². The van der Waals surface area contributed by atoms with Gasteiger partial charge in [-0.2, -0.15) is 0 Å². The van der Waals surface area contributed by atoms with E-state index in [1.165, 1.54) is 22.3 Å². The Morgan fingerprint density at radius 1 is 0.960 bits per heavy atom. The minimum Gasteiger partial charge on any atom is -0.381 e. The first-order chi connectivity index (χ1) is 12.3. The van der Waals surface area contributed by atoms with Crippen molar-refractivity contribution in [3.05, 3.63) is 78.1 Å². The Kier molecular flexibility index (Phi) is 4.17. The van der Waals surface area contributed by atoms with Crippen molar-refractivity contribution in [2.45, 2.75) is 19.4 Å². The zero-order valence-corrected chi connectivity index (χ0v) is 13.8. The van der Waals surface area contributed by atoms with Crippen LogP contribution in [-0.4, -0.2) is 10.9 Å². The molecule has 0 fully saturated rings. The summed E-state index contributed by atoms with van der Waals surface area (Å²) in [5.41, 5.74) is 6.78. The van der Waals surface area contributed by atoms with Crippen LogP contribution in [0.25, 0.3) is 11.1 Å². The zero-order chi connectivity index (χ0) is 17.1. The van der Waals surface area contributed by atoms with Crippen molar-refractivity contribution in [2.24, 2.45) is 0 Å². The molecule has 124 valence electrons. The van der Waals surface area contributed by atoms with Gasteiger partial charge in [0.25, 0.3) is 0 Å². The number of fused-ring (bicyclic) bond motifs is 1. The van der Waals surface area contributed by atoms with Gasteiger partial charge in [0.05, 0.1) is 0 Å². The van der Waals surface area contributed by atoms with E-state index in [-0.39, 0.29) is 5.91 Å². The van der Waals surface area contributed by atoms with Gasteiger partial charge in [-0.25, -0.2) is 0 Å². The lowest BCUT2D eigenvalue weighted by molar-refractivity contribution is -0.116. The lowest BCUT2D eigenvalue weighted by Gasteiger charge is -2.18. The van der Waals surface area contributed by atoms with Crippen molar-refractivity contribution >= 4 is 17.3 Å². The first kappa shape index (κ1) is 15.4. The molecule has 0 saturated carbocycles. The third-order valence-electron chi connectivity index (χ3n) is 4.44. The van der Waals surface area contributed by atoms with Crippen molar-refractivity contribution in [3.63, 3.8) is 0 Å². The number of anilines is 2. The highest BCUT2D eigenvalue weighted by Gasteiger charge is 2.14. The Morgan fingerprint density at radius 3 is 2.72 bits per heavy atom. The van der Waals surface area contributed by atoms with E-state index in [4.69, 9.17) is 0 Å². The monoisotopic (exact) mass is 329 g/mol. The van der Waals surface area contributed by atoms with Crippen LogP contribution in [0.2, 0.25) is 0 Å². The largest absolute Gasteiger partial charge is 0.381 e. The minimum atomic E-state index is 0.0983. The van der Waals surface area contributed by atoms with Crippen LogP contribution < -0.4 is 10.6 Å². The molecule has 0 saturated heterocycles. The van der Waals surface area contributed by atoms with Crippen molar-refractivity contribution in [3.8, 4) is 11.1 Å². The second-order valence-corrected chi connectivity index (χ2v) is 6.21. The van der Waals surface area contributed by atoms with E-state index in [1.54, 1.807) is 0 Å². The van der Waals surface area contributed by atoms with Crippen LogP contribution in [0.1, 0.15) is 17.5 Å². The van der Waals surface area contributed by atoms with Crippen LogP contribution in [0.3, 0.4) is 0 Å². The molecule has 0 aliphatic carbocycles. The summed E-state index contributed by atoms with van der Waals surface area (Å²) in [5, 5.41) is 6.39. The molecule has 4 rings (SSSR count). The molecule has 1 aliphatic rings. The fourth-order valence-corrected chi connectivity index (χ4v) is 3.10. The zero-order valence-electron chi connectivity index (χ0n) is 13.8. The van der Waals surface area contributed by atoms with Crippen LogP contribution in [0.5, 0.6) is 0 Å². The summed E-state index contributed by atoms with van der Waals surface area (Å²) in [7, 11) is 0. The van der Waals surface area contributed by atoms with Gasteiger partial charge < -0.3 is 10.6 Å². The Balaban J connectivity index is 1.48. The van der Waals surface area contributed by atoms with Crippen LogP contribution in [0.15, 0.2) is 67.0 Å². The summed E-state index contributed by atoms with van der Waals surface area (Å²) >= 11 is 0. The molecule has 2 heterocycles. The Labute approximate surface area is 146 Å². The van der Waals surface area contributed by atoms with Gasteiger partial charge in [0, 0.05) is 36.7 Å². The highest BCUT2D eigenvalue weighted by molar-refractivity contribution is 5.94. The summed E-state index contributed by atoms with van der Waals surface area (Å²) < 4.78 is 0. The molecule has 0 spiro atoms. The smallest absolute Gasteiger partial charge is 0.224 e. The van der Waals surface area contributed by atoms with Gasteiger partial charge in [0.2, 0.25) is 5.91 Å². The van der Waals surface area contributed by atoms with Crippen molar-refractivity contribution in [1.82, 2.24) is 4.98 Å². The molecule has 2 N–H and O–H groups in total. The number of pyridine rings is 1. The van der Waals surface area contributed by atoms with E-state index in [9.17, 15) is 4.79 Å². The number of carbonyl (C=O) groups excluding carboxylic acids is 1.